The van der Waals surface area contributed by atoms with Gasteiger partial charge in [0.15, 0.2) is 0 Å². The van der Waals surface area contributed by atoms with Gasteiger partial charge in [0.05, 0.1) is 7.11 Å². The molecule has 1 amide bonds. The minimum Gasteiger partial charge on any atom is -0.467 e. The Balaban J connectivity index is 4.30. The Morgan fingerprint density at radius 3 is 2.59 bits per heavy atom. The first-order chi connectivity index (χ1) is 8.06. The molecule has 1 unspecified atom stereocenters. The first kappa shape index (κ1) is 15.7. The molecule has 0 aromatic heterocycles. The van der Waals surface area contributed by atoms with E-state index in [1.807, 2.05) is 0 Å². The highest BCUT2D eigenvalue weighted by atomic mass is 16.5. The number of carbonyl (C=O) groups is 2. The van der Waals surface area contributed by atoms with Gasteiger partial charge in [0, 0.05) is 5.92 Å². The highest BCUT2D eigenvalue weighted by Gasteiger charge is 2.21. The predicted octanol–water partition coefficient (Wildman–Crippen LogP) is 2.05. The molecule has 0 aromatic carbocycles. The maximum absolute atomic E-state index is 11.9. The molecule has 17 heavy (non-hydrogen) atoms. The van der Waals surface area contributed by atoms with Crippen molar-refractivity contribution in [3.8, 4) is 0 Å². The van der Waals surface area contributed by atoms with Crippen molar-refractivity contribution < 1.29 is 14.3 Å². The molecule has 0 aliphatic heterocycles. The van der Waals surface area contributed by atoms with Gasteiger partial charge in [-0.05, 0) is 19.8 Å². The summed E-state index contributed by atoms with van der Waals surface area (Å²) in [6, 6.07) is -0.596. The molecular formula is C13H23NO3. The Hall–Kier alpha value is -1.32. The molecule has 4 heteroatoms. The van der Waals surface area contributed by atoms with E-state index >= 15 is 0 Å². The number of hydrogen-bond acceptors (Lipinski definition) is 3. The number of hydrogen-bond donors (Lipinski definition) is 1. The van der Waals surface area contributed by atoms with Crippen LogP contribution in [0.1, 0.15) is 39.5 Å². The van der Waals surface area contributed by atoms with Gasteiger partial charge in [-0.1, -0.05) is 25.8 Å². The van der Waals surface area contributed by atoms with Crippen LogP contribution in [0.2, 0.25) is 0 Å². The van der Waals surface area contributed by atoms with Crippen LogP contribution in [-0.4, -0.2) is 25.0 Å². The Kier molecular flexibility index (Phi) is 8.11. The fraction of sp³-hybridized carbons (Fsp3) is 0.692. The molecule has 0 bridgehead atoms. The zero-order chi connectivity index (χ0) is 13.3. The van der Waals surface area contributed by atoms with E-state index in [1.165, 1.54) is 7.11 Å². The van der Waals surface area contributed by atoms with Gasteiger partial charge >= 0.3 is 5.97 Å². The molecular weight excluding hydrogens is 218 g/mol. The van der Waals surface area contributed by atoms with Gasteiger partial charge < -0.3 is 10.1 Å². The molecule has 4 nitrogen and oxygen atoms in total. The summed E-state index contributed by atoms with van der Waals surface area (Å²) >= 11 is 0. The van der Waals surface area contributed by atoms with E-state index in [1.54, 1.807) is 13.0 Å². The number of nitrogens with one attached hydrogen (secondary N) is 1. The lowest BCUT2D eigenvalue weighted by Gasteiger charge is -2.17. The highest BCUT2D eigenvalue weighted by molar-refractivity contribution is 5.85. The Morgan fingerprint density at radius 1 is 1.47 bits per heavy atom. The average molecular weight is 241 g/mol. The maximum Gasteiger partial charge on any atom is 0.328 e. The number of ether oxygens (including phenoxy) is 1. The van der Waals surface area contributed by atoms with Gasteiger partial charge in [0.25, 0.3) is 0 Å². The summed E-state index contributed by atoms with van der Waals surface area (Å²) in [5.41, 5.74) is 0. The maximum atomic E-state index is 11.9. The molecule has 0 heterocycles. The molecule has 0 aliphatic rings. The Bertz CT molecular complexity index is 263. The van der Waals surface area contributed by atoms with Gasteiger partial charge in [-0.25, -0.2) is 4.79 Å². The second kappa shape index (κ2) is 8.79. The third-order valence-corrected chi connectivity index (χ3v) is 2.64. The summed E-state index contributed by atoms with van der Waals surface area (Å²) in [6.07, 6.45) is 5.25. The van der Waals surface area contributed by atoms with Crippen LogP contribution in [0.3, 0.4) is 0 Å². The van der Waals surface area contributed by atoms with E-state index < -0.39 is 12.0 Å². The summed E-state index contributed by atoms with van der Waals surface area (Å²) in [6.45, 7) is 7.35. The second-order valence-corrected chi connectivity index (χ2v) is 4.12. The van der Waals surface area contributed by atoms with Crippen molar-refractivity contribution in [3.05, 3.63) is 12.7 Å². The summed E-state index contributed by atoms with van der Waals surface area (Å²) in [5, 5.41) is 2.66. The number of amides is 1. The molecule has 0 fully saturated rings. The molecule has 0 saturated heterocycles. The van der Waals surface area contributed by atoms with Gasteiger partial charge in [-0.2, -0.15) is 0 Å². The van der Waals surface area contributed by atoms with E-state index in [0.717, 1.165) is 19.3 Å². The SMILES string of the molecule is C=CC[C@H](CCCC)C(=O)NC(C)C(=O)OC. The van der Waals surface area contributed by atoms with Crippen LogP contribution < -0.4 is 5.32 Å². The van der Waals surface area contributed by atoms with Crippen LogP contribution in [0.15, 0.2) is 12.7 Å². The van der Waals surface area contributed by atoms with Crippen molar-refractivity contribution in [2.75, 3.05) is 7.11 Å². The number of esters is 1. The Labute approximate surface area is 103 Å². The molecule has 0 spiro atoms. The molecule has 0 aromatic rings. The van der Waals surface area contributed by atoms with Crippen molar-refractivity contribution in [1.29, 1.82) is 0 Å². The van der Waals surface area contributed by atoms with E-state index in [2.05, 4.69) is 23.6 Å². The van der Waals surface area contributed by atoms with Crippen molar-refractivity contribution >= 4 is 11.9 Å². The predicted molar refractivity (Wildman–Crippen MR) is 67.4 cm³/mol. The molecule has 2 atom stereocenters. The van der Waals surface area contributed by atoms with E-state index in [0.29, 0.717) is 6.42 Å². The van der Waals surface area contributed by atoms with Gasteiger partial charge in [-0.15, -0.1) is 6.58 Å². The van der Waals surface area contributed by atoms with Crippen molar-refractivity contribution in [3.63, 3.8) is 0 Å². The summed E-state index contributed by atoms with van der Waals surface area (Å²) < 4.78 is 4.56. The third kappa shape index (κ3) is 6.09. The lowest BCUT2D eigenvalue weighted by atomic mass is 9.97. The standard InChI is InChI=1S/C13H23NO3/c1-5-7-9-11(8-6-2)12(15)14-10(3)13(16)17-4/h6,10-11H,2,5,7-9H2,1,3-4H3,(H,14,15)/t10?,11-/m1/s1. The van der Waals surface area contributed by atoms with Crippen LogP contribution in [0.4, 0.5) is 0 Å². The lowest BCUT2D eigenvalue weighted by molar-refractivity contribution is -0.145. The van der Waals surface area contributed by atoms with E-state index in [9.17, 15) is 9.59 Å². The zero-order valence-electron chi connectivity index (χ0n) is 11.0. The number of methoxy groups -OCH3 is 1. The summed E-state index contributed by atoms with van der Waals surface area (Å²) in [4.78, 5) is 23.1. The van der Waals surface area contributed by atoms with Crippen LogP contribution in [0.25, 0.3) is 0 Å². The van der Waals surface area contributed by atoms with Gasteiger partial charge in [0.1, 0.15) is 6.04 Å². The number of allylic oxidation sites excluding steroid dienone is 1. The minimum absolute atomic E-state index is 0.0976. The van der Waals surface area contributed by atoms with Crippen molar-refractivity contribution in [2.24, 2.45) is 5.92 Å². The van der Waals surface area contributed by atoms with Crippen LogP contribution in [0, 0.1) is 5.92 Å². The molecule has 0 rings (SSSR count). The third-order valence-electron chi connectivity index (χ3n) is 2.64. The van der Waals surface area contributed by atoms with Crippen molar-refractivity contribution in [1.82, 2.24) is 5.32 Å². The molecule has 1 N–H and O–H groups in total. The largest absolute Gasteiger partial charge is 0.467 e. The smallest absolute Gasteiger partial charge is 0.328 e. The van der Waals surface area contributed by atoms with Crippen LogP contribution in [0.5, 0.6) is 0 Å². The number of rotatable bonds is 8. The fourth-order valence-corrected chi connectivity index (χ4v) is 1.57. The quantitative estimate of drug-likeness (QED) is 0.522. The zero-order valence-corrected chi connectivity index (χ0v) is 11.0. The summed E-state index contributed by atoms with van der Waals surface area (Å²) in [5.74, 6) is -0.623. The normalized spacial score (nSPS) is 13.6. The average Bonchev–Trinajstić information content (AvgIpc) is 2.32. The second-order valence-electron chi connectivity index (χ2n) is 4.12. The molecule has 0 radical (unpaired) electrons. The number of carbonyl (C=O) groups excluding carboxylic acids is 2. The topological polar surface area (TPSA) is 55.4 Å². The highest BCUT2D eigenvalue weighted by Crippen LogP contribution is 2.13. The molecule has 0 saturated carbocycles. The summed E-state index contributed by atoms with van der Waals surface area (Å²) in [7, 11) is 1.31. The van der Waals surface area contributed by atoms with Gasteiger partial charge in [0.2, 0.25) is 5.91 Å². The molecule has 0 aliphatic carbocycles. The van der Waals surface area contributed by atoms with E-state index in [4.69, 9.17) is 0 Å². The van der Waals surface area contributed by atoms with Crippen LogP contribution >= 0.6 is 0 Å². The molecule has 98 valence electrons. The lowest BCUT2D eigenvalue weighted by Crippen LogP contribution is -2.42. The monoisotopic (exact) mass is 241 g/mol. The van der Waals surface area contributed by atoms with Crippen LogP contribution in [-0.2, 0) is 14.3 Å². The number of unbranched alkanes of at least 4 members (excludes halogenated alkanes) is 1. The van der Waals surface area contributed by atoms with Crippen molar-refractivity contribution in [2.45, 2.75) is 45.6 Å². The first-order valence-corrected chi connectivity index (χ1v) is 6.05. The Morgan fingerprint density at radius 2 is 2.12 bits per heavy atom. The fourth-order valence-electron chi connectivity index (χ4n) is 1.57. The van der Waals surface area contributed by atoms with Gasteiger partial charge in [-0.3, -0.25) is 4.79 Å². The van der Waals surface area contributed by atoms with E-state index in [-0.39, 0.29) is 11.8 Å². The minimum atomic E-state index is -0.596. The first-order valence-electron chi connectivity index (χ1n) is 6.05.